The van der Waals surface area contributed by atoms with Crippen LogP contribution in [0.15, 0.2) is 35.5 Å². The fraction of sp³-hybridized carbons (Fsp3) is 0.333. The third-order valence-electron chi connectivity index (χ3n) is 2.66. The number of ether oxygens (including phenoxy) is 1. The zero-order valence-electron chi connectivity index (χ0n) is 8.69. The van der Waals surface area contributed by atoms with Crippen molar-refractivity contribution < 1.29 is 14.3 Å². The fourth-order valence-corrected chi connectivity index (χ4v) is 1.65. The first-order valence-corrected chi connectivity index (χ1v) is 4.97. The van der Waals surface area contributed by atoms with E-state index < -0.39 is 11.9 Å². The molecule has 0 aromatic carbocycles. The van der Waals surface area contributed by atoms with Gasteiger partial charge in [-0.05, 0) is 11.8 Å². The Morgan fingerprint density at radius 3 is 1.93 bits per heavy atom. The number of carbonyl (C=O) groups is 2. The molecule has 0 saturated carbocycles. The van der Waals surface area contributed by atoms with Gasteiger partial charge in [-0.25, -0.2) is 9.59 Å². The second-order valence-electron chi connectivity index (χ2n) is 4.04. The largest absolute Gasteiger partial charge is 0.386 e. The van der Waals surface area contributed by atoms with Crippen molar-refractivity contribution in [3.8, 4) is 0 Å². The van der Waals surface area contributed by atoms with Crippen molar-refractivity contribution in [1.82, 2.24) is 0 Å². The molecular weight excluding hydrogens is 192 g/mol. The van der Waals surface area contributed by atoms with Gasteiger partial charge in [-0.15, -0.1) is 0 Å². The van der Waals surface area contributed by atoms with Crippen molar-refractivity contribution >= 4 is 11.9 Å². The van der Waals surface area contributed by atoms with Crippen LogP contribution in [0.5, 0.6) is 0 Å². The van der Waals surface area contributed by atoms with Crippen molar-refractivity contribution in [3.05, 3.63) is 35.5 Å². The number of cyclic esters (lactones) is 2. The van der Waals surface area contributed by atoms with Crippen LogP contribution in [0.3, 0.4) is 0 Å². The highest BCUT2D eigenvalue weighted by atomic mass is 16.6. The standard InChI is InChI=1S/C12H12O3/c1-7(2)8-3-5-9-10(6-4-8)12(14)15-11(9)13/h3-8H,1-2H3. The summed E-state index contributed by atoms with van der Waals surface area (Å²) >= 11 is 0. The van der Waals surface area contributed by atoms with Crippen LogP contribution in [0.4, 0.5) is 0 Å². The van der Waals surface area contributed by atoms with E-state index in [1.54, 1.807) is 12.2 Å². The molecule has 0 fully saturated rings. The predicted octanol–water partition coefficient (Wildman–Crippen LogP) is 1.76. The molecule has 1 aliphatic heterocycles. The maximum Gasteiger partial charge on any atom is 0.346 e. The fourth-order valence-electron chi connectivity index (χ4n) is 1.65. The van der Waals surface area contributed by atoms with Crippen molar-refractivity contribution in [1.29, 1.82) is 0 Å². The molecule has 0 N–H and O–H groups in total. The van der Waals surface area contributed by atoms with E-state index in [-0.39, 0.29) is 5.92 Å². The quantitative estimate of drug-likeness (QED) is 0.483. The molecule has 0 aromatic rings. The Labute approximate surface area is 88.1 Å². The summed E-state index contributed by atoms with van der Waals surface area (Å²) in [5, 5.41) is 0. The van der Waals surface area contributed by atoms with Crippen LogP contribution < -0.4 is 0 Å². The summed E-state index contributed by atoms with van der Waals surface area (Å²) in [6, 6.07) is 0. The lowest BCUT2D eigenvalue weighted by Crippen LogP contribution is -2.04. The van der Waals surface area contributed by atoms with Gasteiger partial charge in [0, 0.05) is 0 Å². The molecular formula is C12H12O3. The summed E-state index contributed by atoms with van der Waals surface area (Å²) in [5.74, 6) is -0.375. The van der Waals surface area contributed by atoms with E-state index in [0.717, 1.165) is 0 Å². The number of rotatable bonds is 1. The van der Waals surface area contributed by atoms with Crippen LogP contribution in [0.25, 0.3) is 0 Å². The molecule has 2 rings (SSSR count). The molecule has 2 aliphatic rings. The van der Waals surface area contributed by atoms with E-state index in [1.807, 2.05) is 12.2 Å². The minimum absolute atomic E-state index is 0.260. The Kier molecular flexibility index (Phi) is 2.31. The third-order valence-corrected chi connectivity index (χ3v) is 2.66. The van der Waals surface area contributed by atoms with Gasteiger partial charge < -0.3 is 4.74 Å². The maximum absolute atomic E-state index is 11.3. The van der Waals surface area contributed by atoms with Gasteiger partial charge in [-0.1, -0.05) is 38.2 Å². The average molecular weight is 204 g/mol. The maximum atomic E-state index is 11.3. The zero-order valence-corrected chi connectivity index (χ0v) is 8.69. The molecule has 1 aliphatic carbocycles. The second-order valence-corrected chi connectivity index (χ2v) is 4.04. The first-order chi connectivity index (χ1) is 7.09. The minimum atomic E-state index is -0.541. The molecule has 0 unspecified atom stereocenters. The highest BCUT2D eigenvalue weighted by Gasteiger charge is 2.30. The summed E-state index contributed by atoms with van der Waals surface area (Å²) in [4.78, 5) is 22.5. The van der Waals surface area contributed by atoms with Gasteiger partial charge in [0.25, 0.3) is 0 Å². The van der Waals surface area contributed by atoms with Gasteiger partial charge in [0.2, 0.25) is 0 Å². The molecule has 0 amide bonds. The molecule has 3 heteroatoms. The van der Waals surface area contributed by atoms with E-state index >= 15 is 0 Å². The van der Waals surface area contributed by atoms with E-state index in [1.165, 1.54) is 0 Å². The van der Waals surface area contributed by atoms with Crippen LogP contribution in [0.1, 0.15) is 13.8 Å². The van der Waals surface area contributed by atoms with Gasteiger partial charge in [0.15, 0.2) is 0 Å². The van der Waals surface area contributed by atoms with Gasteiger partial charge >= 0.3 is 11.9 Å². The summed E-state index contributed by atoms with van der Waals surface area (Å²) < 4.78 is 4.51. The van der Waals surface area contributed by atoms with Crippen molar-refractivity contribution in [2.75, 3.05) is 0 Å². The van der Waals surface area contributed by atoms with Crippen LogP contribution in [-0.2, 0) is 14.3 Å². The summed E-state index contributed by atoms with van der Waals surface area (Å²) in [5.41, 5.74) is 0.749. The van der Waals surface area contributed by atoms with E-state index in [2.05, 4.69) is 18.6 Å². The predicted molar refractivity (Wildman–Crippen MR) is 54.7 cm³/mol. The molecule has 15 heavy (non-hydrogen) atoms. The molecule has 0 saturated heterocycles. The molecule has 0 spiro atoms. The molecule has 3 nitrogen and oxygen atoms in total. The highest BCUT2D eigenvalue weighted by molar-refractivity contribution is 6.15. The Morgan fingerprint density at radius 1 is 1.07 bits per heavy atom. The van der Waals surface area contributed by atoms with Gasteiger partial charge in [-0.2, -0.15) is 0 Å². The Hall–Kier alpha value is -1.64. The van der Waals surface area contributed by atoms with E-state index in [4.69, 9.17) is 0 Å². The topological polar surface area (TPSA) is 43.4 Å². The summed E-state index contributed by atoms with van der Waals surface area (Å²) in [7, 11) is 0. The van der Waals surface area contributed by atoms with Crippen molar-refractivity contribution in [2.24, 2.45) is 11.8 Å². The van der Waals surface area contributed by atoms with Crippen LogP contribution in [0, 0.1) is 11.8 Å². The highest BCUT2D eigenvalue weighted by Crippen LogP contribution is 2.26. The number of hydrogen-bond acceptors (Lipinski definition) is 3. The average Bonchev–Trinajstić information content (AvgIpc) is 2.40. The normalized spacial score (nSPS) is 21.0. The zero-order chi connectivity index (χ0) is 11.0. The first-order valence-electron chi connectivity index (χ1n) is 4.97. The van der Waals surface area contributed by atoms with Crippen LogP contribution in [0.2, 0.25) is 0 Å². The number of allylic oxidation sites excluding steroid dienone is 2. The molecule has 0 bridgehead atoms. The van der Waals surface area contributed by atoms with Crippen LogP contribution >= 0.6 is 0 Å². The molecule has 0 radical (unpaired) electrons. The minimum Gasteiger partial charge on any atom is -0.386 e. The lowest BCUT2D eigenvalue weighted by Gasteiger charge is -2.10. The Bertz CT molecular complexity index is 377. The molecule has 0 atom stereocenters. The van der Waals surface area contributed by atoms with Gasteiger partial charge in [0.1, 0.15) is 0 Å². The number of carbonyl (C=O) groups excluding carboxylic acids is 2. The SMILES string of the molecule is CC(C)C1C=CC2=C(C=C1)C(=O)OC2=O. The Balaban J connectivity index is 2.37. The second kappa shape index (κ2) is 3.50. The smallest absolute Gasteiger partial charge is 0.346 e. The van der Waals surface area contributed by atoms with Crippen LogP contribution in [-0.4, -0.2) is 11.9 Å². The van der Waals surface area contributed by atoms with Crippen molar-refractivity contribution in [2.45, 2.75) is 13.8 Å². The molecule has 0 aromatic heterocycles. The summed E-state index contributed by atoms with van der Waals surface area (Å²) in [6.45, 7) is 4.19. The van der Waals surface area contributed by atoms with E-state index in [0.29, 0.717) is 17.1 Å². The number of hydrogen-bond donors (Lipinski definition) is 0. The number of esters is 2. The monoisotopic (exact) mass is 204 g/mol. The first kappa shape index (κ1) is 9.90. The van der Waals surface area contributed by atoms with Gasteiger partial charge in [-0.3, -0.25) is 0 Å². The van der Waals surface area contributed by atoms with Gasteiger partial charge in [0.05, 0.1) is 11.1 Å². The van der Waals surface area contributed by atoms with E-state index in [9.17, 15) is 9.59 Å². The summed E-state index contributed by atoms with van der Waals surface area (Å²) in [6.07, 6.45) is 7.24. The third kappa shape index (κ3) is 1.65. The van der Waals surface area contributed by atoms with Crippen molar-refractivity contribution in [3.63, 3.8) is 0 Å². The lowest BCUT2D eigenvalue weighted by atomic mass is 9.95. The lowest BCUT2D eigenvalue weighted by molar-refractivity contribution is -0.150. The molecule has 78 valence electrons. The molecule has 1 heterocycles. The Morgan fingerprint density at radius 2 is 1.53 bits per heavy atom.